The molecule has 2 aromatic rings. The van der Waals surface area contributed by atoms with Crippen molar-refractivity contribution in [3.63, 3.8) is 0 Å². The predicted octanol–water partition coefficient (Wildman–Crippen LogP) is 4.81. The monoisotopic (exact) mass is 333 g/mol. The number of methoxy groups -OCH3 is 1. The number of ketones is 1. The van der Waals surface area contributed by atoms with Gasteiger partial charge in [0, 0.05) is 35.4 Å². The number of rotatable bonds is 3. The quantitative estimate of drug-likeness (QED) is 0.807. The van der Waals surface area contributed by atoms with Crippen LogP contribution < -0.4 is 9.64 Å². The SMILES string of the molecule is CCN1C2=C(Cc3cc(OC)ccc31)C(=O)c1cc(C(C)C)ccc12. The summed E-state index contributed by atoms with van der Waals surface area (Å²) in [6, 6.07) is 12.5. The summed E-state index contributed by atoms with van der Waals surface area (Å²) < 4.78 is 5.37. The molecule has 0 saturated carbocycles. The molecule has 0 fully saturated rings. The molecule has 0 N–H and O–H groups in total. The van der Waals surface area contributed by atoms with Gasteiger partial charge in [-0.15, -0.1) is 0 Å². The van der Waals surface area contributed by atoms with Crippen LogP contribution in [0.5, 0.6) is 5.75 Å². The summed E-state index contributed by atoms with van der Waals surface area (Å²) in [6.07, 6.45) is 0.670. The summed E-state index contributed by atoms with van der Waals surface area (Å²) in [5.74, 6) is 1.43. The van der Waals surface area contributed by atoms with E-state index >= 15 is 0 Å². The number of benzene rings is 2. The minimum absolute atomic E-state index is 0.180. The molecule has 0 amide bonds. The number of fused-ring (bicyclic) bond motifs is 3. The lowest BCUT2D eigenvalue weighted by molar-refractivity contribution is 0.103. The van der Waals surface area contributed by atoms with Gasteiger partial charge in [-0.1, -0.05) is 26.0 Å². The lowest BCUT2D eigenvalue weighted by atomic mass is 9.95. The fourth-order valence-corrected chi connectivity index (χ4v) is 3.95. The van der Waals surface area contributed by atoms with Gasteiger partial charge in [-0.3, -0.25) is 4.79 Å². The molecular weight excluding hydrogens is 310 g/mol. The molecule has 2 aliphatic rings. The van der Waals surface area contributed by atoms with E-state index in [1.54, 1.807) is 7.11 Å². The minimum atomic E-state index is 0.180. The summed E-state index contributed by atoms with van der Waals surface area (Å²) in [6.45, 7) is 7.29. The Labute approximate surface area is 148 Å². The van der Waals surface area contributed by atoms with Crippen molar-refractivity contribution in [2.75, 3.05) is 18.6 Å². The van der Waals surface area contributed by atoms with E-state index in [0.29, 0.717) is 12.3 Å². The molecule has 3 heteroatoms. The van der Waals surface area contributed by atoms with Crippen LogP contribution in [0.4, 0.5) is 5.69 Å². The minimum Gasteiger partial charge on any atom is -0.497 e. The van der Waals surface area contributed by atoms with E-state index < -0.39 is 0 Å². The van der Waals surface area contributed by atoms with Crippen LogP contribution >= 0.6 is 0 Å². The topological polar surface area (TPSA) is 29.5 Å². The Kier molecular flexibility index (Phi) is 3.68. The smallest absolute Gasteiger partial charge is 0.192 e. The summed E-state index contributed by atoms with van der Waals surface area (Å²) in [5, 5.41) is 0. The van der Waals surface area contributed by atoms with Gasteiger partial charge in [-0.05, 0) is 48.2 Å². The van der Waals surface area contributed by atoms with E-state index in [2.05, 4.69) is 56.0 Å². The lowest BCUT2D eigenvalue weighted by Crippen LogP contribution is -2.26. The third kappa shape index (κ3) is 2.30. The molecule has 128 valence electrons. The molecule has 0 atom stereocenters. The lowest BCUT2D eigenvalue weighted by Gasteiger charge is -2.32. The molecule has 0 spiro atoms. The van der Waals surface area contributed by atoms with Crippen molar-refractivity contribution in [1.82, 2.24) is 0 Å². The van der Waals surface area contributed by atoms with Gasteiger partial charge >= 0.3 is 0 Å². The van der Waals surface area contributed by atoms with Crippen LogP contribution in [0.3, 0.4) is 0 Å². The summed E-state index contributed by atoms with van der Waals surface area (Å²) >= 11 is 0. The van der Waals surface area contributed by atoms with Gasteiger partial charge in [-0.25, -0.2) is 0 Å². The van der Waals surface area contributed by atoms with Crippen molar-refractivity contribution >= 4 is 17.2 Å². The average Bonchev–Trinajstić information content (AvgIpc) is 2.91. The molecule has 2 aromatic carbocycles. The second-order valence-electron chi connectivity index (χ2n) is 7.03. The number of Topliss-reactive ketones (excluding diaryl/α,β-unsaturated/α-hetero) is 1. The normalized spacial score (nSPS) is 15.4. The number of allylic oxidation sites excluding steroid dienone is 1. The highest BCUT2D eigenvalue weighted by molar-refractivity contribution is 6.23. The highest BCUT2D eigenvalue weighted by Gasteiger charge is 2.37. The van der Waals surface area contributed by atoms with Crippen LogP contribution in [0.15, 0.2) is 42.0 Å². The Hall–Kier alpha value is -2.55. The van der Waals surface area contributed by atoms with Crippen molar-refractivity contribution in [3.05, 3.63) is 64.2 Å². The number of hydrogen-bond donors (Lipinski definition) is 0. The number of anilines is 1. The molecule has 0 bridgehead atoms. The van der Waals surface area contributed by atoms with Crippen molar-refractivity contribution in [2.45, 2.75) is 33.1 Å². The molecule has 0 unspecified atom stereocenters. The second-order valence-corrected chi connectivity index (χ2v) is 7.03. The van der Waals surface area contributed by atoms with E-state index in [1.807, 2.05) is 6.07 Å². The number of ether oxygens (including phenoxy) is 1. The molecule has 0 aromatic heterocycles. The van der Waals surface area contributed by atoms with Crippen molar-refractivity contribution in [1.29, 1.82) is 0 Å². The van der Waals surface area contributed by atoms with Crippen molar-refractivity contribution in [2.24, 2.45) is 0 Å². The predicted molar refractivity (Wildman–Crippen MR) is 101 cm³/mol. The summed E-state index contributed by atoms with van der Waals surface area (Å²) in [4.78, 5) is 15.4. The Balaban J connectivity index is 1.86. The van der Waals surface area contributed by atoms with Crippen molar-refractivity contribution < 1.29 is 9.53 Å². The average molecular weight is 333 g/mol. The van der Waals surface area contributed by atoms with Gasteiger partial charge in [0.2, 0.25) is 0 Å². The third-order valence-corrected chi connectivity index (χ3v) is 5.30. The highest BCUT2D eigenvalue weighted by Crippen LogP contribution is 2.45. The standard InChI is InChI=1S/C22H23NO2/c1-5-23-20-9-7-16(25-4)10-15(20)12-19-21(23)17-8-6-14(13(2)3)11-18(17)22(19)24/h6-11,13H,5,12H2,1-4H3. The number of carbonyl (C=O) groups excluding carboxylic acids is 1. The zero-order valence-corrected chi connectivity index (χ0v) is 15.2. The van der Waals surface area contributed by atoms with Crippen LogP contribution in [-0.4, -0.2) is 19.4 Å². The molecule has 3 nitrogen and oxygen atoms in total. The Bertz CT molecular complexity index is 908. The first-order valence-corrected chi connectivity index (χ1v) is 8.91. The van der Waals surface area contributed by atoms with Crippen LogP contribution in [0, 0.1) is 0 Å². The van der Waals surface area contributed by atoms with Gasteiger partial charge in [0.25, 0.3) is 0 Å². The van der Waals surface area contributed by atoms with Crippen LogP contribution in [0.2, 0.25) is 0 Å². The van der Waals surface area contributed by atoms with Gasteiger partial charge in [0.1, 0.15) is 5.75 Å². The first-order valence-electron chi connectivity index (χ1n) is 8.91. The number of nitrogens with zero attached hydrogens (tertiary/aromatic N) is 1. The van der Waals surface area contributed by atoms with E-state index in [-0.39, 0.29) is 5.78 Å². The first-order chi connectivity index (χ1) is 12.0. The number of carbonyl (C=O) groups is 1. The maximum absolute atomic E-state index is 13.1. The molecule has 1 aliphatic heterocycles. The van der Waals surface area contributed by atoms with Crippen LogP contribution in [0.1, 0.15) is 53.7 Å². The summed E-state index contributed by atoms with van der Waals surface area (Å²) in [7, 11) is 1.68. The fraction of sp³-hybridized carbons (Fsp3) is 0.318. The molecule has 4 rings (SSSR count). The molecule has 0 radical (unpaired) electrons. The maximum Gasteiger partial charge on any atom is 0.192 e. The first kappa shape index (κ1) is 15.9. The zero-order chi connectivity index (χ0) is 17.7. The Morgan fingerprint density at radius 1 is 1.12 bits per heavy atom. The fourth-order valence-electron chi connectivity index (χ4n) is 3.95. The van der Waals surface area contributed by atoms with E-state index in [1.165, 1.54) is 11.3 Å². The van der Waals surface area contributed by atoms with E-state index in [9.17, 15) is 4.79 Å². The van der Waals surface area contributed by atoms with Gasteiger partial charge in [-0.2, -0.15) is 0 Å². The van der Waals surface area contributed by atoms with Gasteiger partial charge < -0.3 is 9.64 Å². The molecular formula is C22H23NO2. The third-order valence-electron chi connectivity index (χ3n) is 5.30. The molecule has 25 heavy (non-hydrogen) atoms. The van der Waals surface area contributed by atoms with E-state index in [4.69, 9.17) is 4.74 Å². The molecule has 1 aliphatic carbocycles. The van der Waals surface area contributed by atoms with Crippen LogP contribution in [0.25, 0.3) is 5.70 Å². The zero-order valence-electron chi connectivity index (χ0n) is 15.2. The number of hydrogen-bond acceptors (Lipinski definition) is 3. The molecule has 0 saturated heterocycles. The second kappa shape index (κ2) is 5.76. The van der Waals surface area contributed by atoms with Crippen molar-refractivity contribution in [3.8, 4) is 5.75 Å². The highest BCUT2D eigenvalue weighted by atomic mass is 16.5. The summed E-state index contributed by atoms with van der Waals surface area (Å²) in [5.41, 5.74) is 7.49. The van der Waals surface area contributed by atoms with E-state index in [0.717, 1.165) is 40.3 Å². The van der Waals surface area contributed by atoms with Gasteiger partial charge in [0.05, 0.1) is 12.8 Å². The Morgan fingerprint density at radius 2 is 1.92 bits per heavy atom. The Morgan fingerprint density at radius 3 is 2.60 bits per heavy atom. The van der Waals surface area contributed by atoms with Gasteiger partial charge in [0.15, 0.2) is 5.78 Å². The maximum atomic E-state index is 13.1. The molecule has 1 heterocycles. The van der Waals surface area contributed by atoms with Crippen LogP contribution in [-0.2, 0) is 6.42 Å². The largest absolute Gasteiger partial charge is 0.497 e.